The molecule has 0 amide bonds. The number of rotatable bonds is 1. The molecule has 0 unspecified atom stereocenters. The van der Waals surface area contributed by atoms with E-state index < -0.39 is 0 Å². The molecule has 5 nitrogen and oxygen atoms in total. The van der Waals surface area contributed by atoms with E-state index in [9.17, 15) is 0 Å². The molecule has 4 heterocycles. The van der Waals surface area contributed by atoms with Crippen LogP contribution in [0.4, 0.5) is 0 Å². The van der Waals surface area contributed by atoms with E-state index in [2.05, 4.69) is 40.3 Å². The molecule has 0 N–H and O–H groups in total. The van der Waals surface area contributed by atoms with Crippen LogP contribution in [0, 0.1) is 6.92 Å². The van der Waals surface area contributed by atoms with E-state index in [0.717, 1.165) is 44.1 Å². The summed E-state index contributed by atoms with van der Waals surface area (Å²) in [6.07, 6.45) is 1.53. The van der Waals surface area contributed by atoms with Crippen LogP contribution in [-0.2, 0) is 0 Å². The van der Waals surface area contributed by atoms with Crippen LogP contribution in [0.5, 0.6) is 0 Å². The number of aromatic nitrogens is 5. The summed E-state index contributed by atoms with van der Waals surface area (Å²) in [5.41, 5.74) is 7.03. The average Bonchev–Trinajstić information content (AvgIpc) is 3.20. The predicted octanol–water partition coefficient (Wildman–Crippen LogP) is 5.61. The highest BCUT2D eigenvalue weighted by atomic mass is 35.5. The minimum atomic E-state index is 0.351. The van der Waals surface area contributed by atoms with Crippen molar-refractivity contribution in [3.63, 3.8) is 0 Å². The molecule has 0 saturated heterocycles. The van der Waals surface area contributed by atoms with Gasteiger partial charge in [0, 0.05) is 21.9 Å². The van der Waals surface area contributed by atoms with Crippen LogP contribution in [0.3, 0.4) is 0 Å². The molecule has 0 saturated carbocycles. The molecule has 2 aromatic carbocycles. The summed E-state index contributed by atoms with van der Waals surface area (Å²) >= 11 is 6.12. The lowest BCUT2D eigenvalue weighted by Gasteiger charge is -2.11. The smallest absolute Gasteiger partial charge is 0.179 e. The van der Waals surface area contributed by atoms with Crippen molar-refractivity contribution in [1.82, 2.24) is 24.6 Å². The normalized spacial score (nSPS) is 11.8. The Bertz CT molecular complexity index is 1570. The van der Waals surface area contributed by atoms with Gasteiger partial charge in [-0.3, -0.25) is 0 Å². The van der Waals surface area contributed by atoms with Crippen LogP contribution in [0.15, 0.2) is 66.9 Å². The fourth-order valence-electron chi connectivity index (χ4n) is 4.00. The zero-order valence-electron chi connectivity index (χ0n) is 15.5. The van der Waals surface area contributed by atoms with Crippen LogP contribution >= 0.6 is 11.6 Å². The van der Waals surface area contributed by atoms with Gasteiger partial charge in [0.1, 0.15) is 10.7 Å². The number of fused-ring (bicyclic) bond motifs is 7. The zero-order chi connectivity index (χ0) is 19.5. The van der Waals surface area contributed by atoms with Crippen molar-refractivity contribution >= 4 is 50.1 Å². The Morgan fingerprint density at radius 2 is 1.62 bits per heavy atom. The molecule has 0 aliphatic rings. The summed E-state index contributed by atoms with van der Waals surface area (Å²) in [6, 6.07) is 20.6. The molecule has 0 aliphatic carbocycles. The summed E-state index contributed by atoms with van der Waals surface area (Å²) < 4.78 is 1.98. The number of hydrogen-bond acceptors (Lipinski definition) is 4. The molecule has 138 valence electrons. The zero-order valence-corrected chi connectivity index (χ0v) is 16.2. The second-order valence-corrected chi connectivity index (χ2v) is 7.42. The summed E-state index contributed by atoms with van der Waals surface area (Å²) in [7, 11) is 0. The Morgan fingerprint density at radius 3 is 2.45 bits per heavy atom. The lowest BCUT2D eigenvalue weighted by atomic mass is 10.1. The number of benzene rings is 2. The van der Waals surface area contributed by atoms with Gasteiger partial charge in [-0.25, -0.2) is 19.5 Å². The topological polar surface area (TPSA) is 56.0 Å². The summed E-state index contributed by atoms with van der Waals surface area (Å²) in [4.78, 5) is 13.7. The van der Waals surface area contributed by atoms with E-state index in [1.165, 1.54) is 6.20 Å². The highest BCUT2D eigenvalue weighted by Crippen LogP contribution is 2.34. The first-order valence-electron chi connectivity index (χ1n) is 9.29. The largest absolute Gasteiger partial charge is 0.232 e. The van der Waals surface area contributed by atoms with Crippen LogP contribution in [0.25, 0.3) is 49.7 Å². The second-order valence-electron chi connectivity index (χ2n) is 7.04. The van der Waals surface area contributed by atoms with E-state index in [1.807, 2.05) is 41.8 Å². The maximum atomic E-state index is 6.12. The van der Waals surface area contributed by atoms with Crippen molar-refractivity contribution in [3.8, 4) is 11.3 Å². The minimum absolute atomic E-state index is 0.351. The Kier molecular flexibility index (Phi) is 3.37. The molecular weight excluding hydrogens is 382 g/mol. The molecule has 6 heteroatoms. The molecule has 0 spiro atoms. The van der Waals surface area contributed by atoms with E-state index >= 15 is 0 Å². The standard InChI is InChI=1S/C23H14ClN5/c1-13-20-23(25-12-19(24)26-20)27-21-16-10-6-5-9-15(16)18-11-17(28-29(18)22(13)21)14-7-3-2-4-8-14/h2-12H,1H3. The first-order chi connectivity index (χ1) is 14.2. The van der Waals surface area contributed by atoms with Crippen molar-refractivity contribution in [2.24, 2.45) is 0 Å². The monoisotopic (exact) mass is 395 g/mol. The maximum Gasteiger partial charge on any atom is 0.179 e. The van der Waals surface area contributed by atoms with Gasteiger partial charge in [-0.15, -0.1) is 0 Å². The fourth-order valence-corrected chi connectivity index (χ4v) is 4.13. The second kappa shape index (κ2) is 5.96. The number of pyridine rings is 2. The Hall–Kier alpha value is -3.57. The lowest BCUT2D eigenvalue weighted by Crippen LogP contribution is -2.00. The molecule has 6 rings (SSSR count). The van der Waals surface area contributed by atoms with Crippen molar-refractivity contribution in [2.45, 2.75) is 6.92 Å². The number of aryl methyl sites for hydroxylation is 1. The molecule has 6 aromatic rings. The quantitative estimate of drug-likeness (QED) is 0.268. The van der Waals surface area contributed by atoms with Crippen molar-refractivity contribution in [2.75, 3.05) is 0 Å². The molecule has 0 radical (unpaired) electrons. The molecular formula is C23H14ClN5. The van der Waals surface area contributed by atoms with E-state index in [0.29, 0.717) is 16.3 Å². The van der Waals surface area contributed by atoms with Gasteiger partial charge in [0.15, 0.2) is 5.65 Å². The number of hydrogen-bond donors (Lipinski definition) is 0. The van der Waals surface area contributed by atoms with E-state index in [-0.39, 0.29) is 0 Å². The van der Waals surface area contributed by atoms with Gasteiger partial charge < -0.3 is 0 Å². The molecule has 4 aromatic heterocycles. The Balaban J connectivity index is 1.86. The molecule has 0 aliphatic heterocycles. The maximum absolute atomic E-state index is 6.12. The predicted molar refractivity (Wildman–Crippen MR) is 116 cm³/mol. The Labute approximate surface area is 170 Å². The van der Waals surface area contributed by atoms with Gasteiger partial charge in [-0.2, -0.15) is 5.10 Å². The van der Waals surface area contributed by atoms with Crippen LogP contribution in [0.1, 0.15) is 5.56 Å². The number of halogens is 1. The highest BCUT2D eigenvalue weighted by molar-refractivity contribution is 6.29. The van der Waals surface area contributed by atoms with Crippen molar-refractivity contribution < 1.29 is 0 Å². The van der Waals surface area contributed by atoms with Crippen molar-refractivity contribution in [1.29, 1.82) is 0 Å². The van der Waals surface area contributed by atoms with Gasteiger partial charge in [0.2, 0.25) is 0 Å². The van der Waals surface area contributed by atoms with Crippen LogP contribution in [0.2, 0.25) is 5.15 Å². The summed E-state index contributed by atoms with van der Waals surface area (Å²) in [5, 5.41) is 7.46. The van der Waals surface area contributed by atoms with Gasteiger partial charge >= 0.3 is 0 Å². The first-order valence-corrected chi connectivity index (χ1v) is 9.67. The fraction of sp³-hybridized carbons (Fsp3) is 0.0435. The molecule has 29 heavy (non-hydrogen) atoms. The summed E-state index contributed by atoms with van der Waals surface area (Å²) in [6.45, 7) is 2.02. The minimum Gasteiger partial charge on any atom is -0.232 e. The third kappa shape index (κ3) is 2.34. The van der Waals surface area contributed by atoms with Crippen molar-refractivity contribution in [3.05, 3.63) is 77.6 Å². The molecule has 0 atom stereocenters. The highest BCUT2D eigenvalue weighted by Gasteiger charge is 2.18. The average molecular weight is 396 g/mol. The SMILES string of the molecule is Cc1c2nc(Cl)cnc2nc2c3ccccc3c3cc(-c4ccccc4)nn3c12. The third-order valence-electron chi connectivity index (χ3n) is 5.33. The molecule has 0 fully saturated rings. The van der Waals surface area contributed by atoms with Gasteiger partial charge in [0.05, 0.1) is 28.4 Å². The van der Waals surface area contributed by atoms with Gasteiger partial charge in [0.25, 0.3) is 0 Å². The van der Waals surface area contributed by atoms with Crippen LogP contribution in [-0.4, -0.2) is 24.6 Å². The van der Waals surface area contributed by atoms with E-state index in [1.54, 1.807) is 0 Å². The lowest BCUT2D eigenvalue weighted by molar-refractivity contribution is 1.00. The van der Waals surface area contributed by atoms with E-state index in [4.69, 9.17) is 21.7 Å². The first kappa shape index (κ1) is 16.4. The third-order valence-corrected chi connectivity index (χ3v) is 5.51. The summed E-state index contributed by atoms with van der Waals surface area (Å²) in [5.74, 6) is 0. The van der Waals surface area contributed by atoms with Gasteiger partial charge in [-0.05, 0) is 13.0 Å². The number of nitrogens with zero attached hydrogens (tertiary/aromatic N) is 5. The Morgan fingerprint density at radius 1 is 0.862 bits per heavy atom. The van der Waals surface area contributed by atoms with Gasteiger partial charge in [-0.1, -0.05) is 66.2 Å². The molecule has 0 bridgehead atoms. The van der Waals surface area contributed by atoms with Crippen LogP contribution < -0.4 is 0 Å².